The van der Waals surface area contributed by atoms with Gasteiger partial charge in [-0.1, -0.05) is 12.1 Å². The van der Waals surface area contributed by atoms with Crippen molar-refractivity contribution >= 4 is 22.8 Å². The fourth-order valence-corrected chi connectivity index (χ4v) is 5.06. The number of benzene rings is 2. The molecule has 7 rings (SSSR count). The molecule has 3 atom stereocenters. The number of fused-ring (bicyclic) bond motifs is 5. The van der Waals surface area contributed by atoms with Gasteiger partial charge in [0.05, 0.1) is 17.0 Å². The van der Waals surface area contributed by atoms with Crippen molar-refractivity contribution in [2.75, 3.05) is 5.32 Å². The standard InChI is InChI=1S/C25H20N4O3/c1-12-3-2-4-16-22(12)29-25(27-16)21-20-15-11-13(5-7-17(15)32-23(20)21)31-18-9-10-26-24-14(18)6-8-19(30)28-24/h2-5,7,9-11,20-21,23H,6,8H2,1H3,(H,27,29)(H,26,28,30). The Morgan fingerprint density at radius 3 is 2.97 bits per heavy atom. The summed E-state index contributed by atoms with van der Waals surface area (Å²) in [4.78, 5) is 24.3. The van der Waals surface area contributed by atoms with Gasteiger partial charge in [0.25, 0.3) is 0 Å². The van der Waals surface area contributed by atoms with Gasteiger partial charge in [0.15, 0.2) is 0 Å². The van der Waals surface area contributed by atoms with Gasteiger partial charge in [-0.25, -0.2) is 9.97 Å². The highest BCUT2D eigenvalue weighted by molar-refractivity contribution is 5.93. The second kappa shape index (κ2) is 6.32. The fraction of sp³-hybridized carbons (Fsp3) is 0.240. The van der Waals surface area contributed by atoms with Crippen LogP contribution in [0.3, 0.4) is 0 Å². The zero-order valence-corrected chi connectivity index (χ0v) is 17.4. The number of aromatic amines is 1. The summed E-state index contributed by atoms with van der Waals surface area (Å²) in [6.07, 6.45) is 2.84. The number of hydrogen-bond donors (Lipinski definition) is 2. The van der Waals surface area contributed by atoms with Gasteiger partial charge >= 0.3 is 0 Å². The molecule has 0 radical (unpaired) electrons. The molecule has 3 aliphatic rings. The molecule has 3 unspecified atom stereocenters. The predicted octanol–water partition coefficient (Wildman–Crippen LogP) is 4.59. The van der Waals surface area contributed by atoms with E-state index in [0.717, 1.165) is 45.2 Å². The van der Waals surface area contributed by atoms with E-state index in [-0.39, 0.29) is 23.8 Å². The topological polar surface area (TPSA) is 89.1 Å². The third kappa shape index (κ3) is 2.57. The van der Waals surface area contributed by atoms with Crippen LogP contribution in [-0.4, -0.2) is 27.0 Å². The first-order valence-electron chi connectivity index (χ1n) is 10.9. The average molecular weight is 424 g/mol. The van der Waals surface area contributed by atoms with Crippen molar-refractivity contribution < 1.29 is 14.3 Å². The zero-order valence-electron chi connectivity index (χ0n) is 17.4. The highest BCUT2D eigenvalue weighted by Crippen LogP contribution is 2.63. The third-order valence-electron chi connectivity index (χ3n) is 6.72. The molecule has 7 nitrogen and oxygen atoms in total. The maximum Gasteiger partial charge on any atom is 0.225 e. The molecule has 2 N–H and O–H groups in total. The number of imidazole rings is 1. The molecule has 1 amide bonds. The predicted molar refractivity (Wildman–Crippen MR) is 118 cm³/mol. The Kier molecular flexibility index (Phi) is 3.51. The lowest BCUT2D eigenvalue weighted by molar-refractivity contribution is -0.116. The van der Waals surface area contributed by atoms with Crippen LogP contribution in [0.1, 0.15) is 40.8 Å². The number of anilines is 1. The lowest BCUT2D eigenvalue weighted by Crippen LogP contribution is -2.20. The number of carbonyl (C=O) groups is 1. The summed E-state index contributed by atoms with van der Waals surface area (Å²) in [6, 6.07) is 14.0. The molecule has 0 bridgehead atoms. The number of amides is 1. The van der Waals surface area contributed by atoms with E-state index in [1.54, 1.807) is 6.20 Å². The summed E-state index contributed by atoms with van der Waals surface area (Å²) < 4.78 is 12.4. The third-order valence-corrected chi connectivity index (χ3v) is 6.72. The molecule has 1 aliphatic carbocycles. The van der Waals surface area contributed by atoms with Gasteiger partial charge in [-0.15, -0.1) is 0 Å². The van der Waals surface area contributed by atoms with Crippen LogP contribution in [0.4, 0.5) is 5.82 Å². The number of para-hydroxylation sites is 1. The molecular formula is C25H20N4O3. The minimum absolute atomic E-state index is 0.0107. The molecule has 4 aromatic rings. The molecule has 7 heteroatoms. The van der Waals surface area contributed by atoms with Gasteiger partial charge in [0.1, 0.15) is 35.0 Å². The van der Waals surface area contributed by atoms with E-state index in [1.807, 2.05) is 30.3 Å². The summed E-state index contributed by atoms with van der Waals surface area (Å²) in [5.41, 5.74) is 5.38. The summed E-state index contributed by atoms with van der Waals surface area (Å²) in [6.45, 7) is 2.09. The number of carbonyl (C=O) groups excluding carboxylic acids is 1. The zero-order chi connectivity index (χ0) is 21.4. The van der Waals surface area contributed by atoms with Crippen LogP contribution in [0, 0.1) is 6.92 Å². The number of ether oxygens (including phenoxy) is 2. The quantitative estimate of drug-likeness (QED) is 0.502. The number of nitrogens with zero attached hydrogens (tertiary/aromatic N) is 2. The molecule has 0 saturated heterocycles. The molecule has 32 heavy (non-hydrogen) atoms. The van der Waals surface area contributed by atoms with E-state index in [9.17, 15) is 4.79 Å². The Balaban J connectivity index is 1.18. The Morgan fingerprint density at radius 1 is 1.12 bits per heavy atom. The van der Waals surface area contributed by atoms with Gasteiger partial charge in [-0.3, -0.25) is 4.79 Å². The molecule has 2 aromatic heterocycles. The van der Waals surface area contributed by atoms with E-state index in [2.05, 4.69) is 34.3 Å². The maximum atomic E-state index is 11.7. The largest absolute Gasteiger partial charge is 0.489 e. The number of nitrogens with one attached hydrogen (secondary N) is 2. The van der Waals surface area contributed by atoms with Crippen LogP contribution < -0.4 is 14.8 Å². The van der Waals surface area contributed by atoms with Crippen LogP contribution in [-0.2, 0) is 11.2 Å². The minimum Gasteiger partial charge on any atom is -0.489 e. The average Bonchev–Trinajstić information content (AvgIpc) is 3.13. The van der Waals surface area contributed by atoms with Gasteiger partial charge in [-0.05, 0) is 49.2 Å². The number of aryl methyl sites for hydroxylation is 1. The van der Waals surface area contributed by atoms with E-state index in [1.165, 1.54) is 5.56 Å². The highest BCUT2D eigenvalue weighted by atomic mass is 16.5. The summed E-state index contributed by atoms with van der Waals surface area (Å²) in [5.74, 6) is 4.47. The maximum absolute atomic E-state index is 11.7. The van der Waals surface area contributed by atoms with Crippen molar-refractivity contribution in [2.24, 2.45) is 0 Å². The van der Waals surface area contributed by atoms with Crippen LogP contribution in [0.2, 0.25) is 0 Å². The Hall–Kier alpha value is -3.87. The molecule has 0 spiro atoms. The summed E-state index contributed by atoms with van der Waals surface area (Å²) in [5, 5.41) is 2.82. The SMILES string of the molecule is Cc1cccc2nc(C3C4Oc5ccc(Oc6ccnc7c6CCC(=O)N7)cc5C43)[nH]c12. The van der Waals surface area contributed by atoms with E-state index >= 15 is 0 Å². The number of rotatable bonds is 3. The van der Waals surface area contributed by atoms with Crippen molar-refractivity contribution in [3.05, 3.63) is 71.2 Å². The van der Waals surface area contributed by atoms with E-state index in [0.29, 0.717) is 18.7 Å². The van der Waals surface area contributed by atoms with Crippen molar-refractivity contribution in [3.63, 3.8) is 0 Å². The van der Waals surface area contributed by atoms with Gasteiger partial charge < -0.3 is 19.8 Å². The first-order chi connectivity index (χ1) is 15.7. The number of pyridine rings is 1. The smallest absolute Gasteiger partial charge is 0.225 e. The normalized spacial score (nSPS) is 22.5. The second-order valence-electron chi connectivity index (χ2n) is 8.71. The van der Waals surface area contributed by atoms with Gasteiger partial charge in [-0.2, -0.15) is 0 Å². The summed E-state index contributed by atoms with van der Waals surface area (Å²) in [7, 11) is 0. The van der Waals surface area contributed by atoms with Crippen molar-refractivity contribution in [1.29, 1.82) is 0 Å². The number of H-pyrrole nitrogens is 1. The lowest BCUT2D eigenvalue weighted by atomic mass is 10.1. The molecule has 158 valence electrons. The van der Waals surface area contributed by atoms with Gasteiger partial charge in [0.2, 0.25) is 5.91 Å². The fourth-order valence-electron chi connectivity index (χ4n) is 5.06. The van der Waals surface area contributed by atoms with Crippen LogP contribution in [0.5, 0.6) is 17.2 Å². The Bertz CT molecular complexity index is 1430. The summed E-state index contributed by atoms with van der Waals surface area (Å²) >= 11 is 0. The Labute approximate surface area is 183 Å². The first-order valence-corrected chi connectivity index (χ1v) is 10.9. The van der Waals surface area contributed by atoms with Crippen molar-refractivity contribution in [3.8, 4) is 17.2 Å². The molecule has 4 heterocycles. The highest BCUT2D eigenvalue weighted by Gasteiger charge is 2.61. The molecule has 1 fully saturated rings. The van der Waals surface area contributed by atoms with Crippen molar-refractivity contribution in [2.45, 2.75) is 37.7 Å². The van der Waals surface area contributed by atoms with Crippen LogP contribution >= 0.6 is 0 Å². The van der Waals surface area contributed by atoms with Gasteiger partial charge in [0, 0.05) is 29.7 Å². The van der Waals surface area contributed by atoms with Crippen LogP contribution in [0.25, 0.3) is 11.0 Å². The first kappa shape index (κ1) is 17.8. The lowest BCUT2D eigenvalue weighted by Gasteiger charge is -2.19. The minimum atomic E-state index is -0.0107. The molecule has 2 aliphatic heterocycles. The molecular weight excluding hydrogens is 404 g/mol. The second-order valence-corrected chi connectivity index (χ2v) is 8.71. The van der Waals surface area contributed by atoms with Crippen molar-refractivity contribution in [1.82, 2.24) is 15.0 Å². The van der Waals surface area contributed by atoms with Crippen LogP contribution in [0.15, 0.2) is 48.7 Å². The monoisotopic (exact) mass is 424 g/mol. The Morgan fingerprint density at radius 2 is 2.06 bits per heavy atom. The number of aromatic nitrogens is 3. The number of hydrogen-bond acceptors (Lipinski definition) is 5. The molecule has 2 aromatic carbocycles. The van der Waals surface area contributed by atoms with E-state index < -0.39 is 0 Å². The molecule has 1 saturated carbocycles. The van der Waals surface area contributed by atoms with E-state index in [4.69, 9.17) is 14.5 Å².